The van der Waals surface area contributed by atoms with Gasteiger partial charge in [-0.3, -0.25) is 23.4 Å². The number of thiol groups is 1. The second-order valence-corrected chi connectivity index (χ2v) is 14.2. The van der Waals surface area contributed by atoms with E-state index in [1.807, 2.05) is 0 Å². The standard InChI is InChI=1S/C21H23FN9O7PS2/c22-11-18(30-2-1-8-14(23)25-5-26-15(8)30)36-12-13(21(11,12)34)38-39(35,40)37-9-3-7(4-32)41-19(9)31-6-27-10-16(31)28-20(24)29-17(10)33/h1-2,5-7,9,11-13,18-19,32,34H,3-4H2,(H,35,40)(H2,23,25,26)(H3,24,28,29,33)/t7-,9+,11+,12+,13?,18+,19+,21-,39?/m0/s1. The van der Waals surface area contributed by atoms with Crippen LogP contribution < -0.4 is 17.0 Å². The van der Waals surface area contributed by atoms with E-state index in [0.717, 1.165) is 0 Å². The third kappa shape index (κ3) is 4.17. The smallest absolute Gasteiger partial charge is 0.386 e. The molecule has 41 heavy (non-hydrogen) atoms. The number of aromatic nitrogens is 7. The van der Waals surface area contributed by atoms with Crippen LogP contribution in [0.1, 0.15) is 18.0 Å². The number of nitrogens with two attached hydrogens (primary N) is 2. The fourth-order valence-electron chi connectivity index (χ4n) is 5.46. The van der Waals surface area contributed by atoms with Gasteiger partial charge < -0.3 is 31.0 Å². The maximum atomic E-state index is 15.6. The molecule has 2 unspecified atom stereocenters. The number of thioether (sulfide) groups is 1. The number of nitrogens with one attached hydrogen (secondary N) is 1. The topological polar surface area (TPSA) is 232 Å². The normalized spacial score (nSPS) is 34.3. The first-order chi connectivity index (χ1) is 19.5. The molecule has 3 fully saturated rings. The molecule has 2 saturated heterocycles. The summed E-state index contributed by atoms with van der Waals surface area (Å²) in [4.78, 5) is 30.9. The van der Waals surface area contributed by atoms with Gasteiger partial charge in [0.15, 0.2) is 29.2 Å². The van der Waals surface area contributed by atoms with Crippen molar-refractivity contribution in [3.63, 3.8) is 0 Å². The number of aliphatic hydroxyl groups is 2. The van der Waals surface area contributed by atoms with Gasteiger partial charge in [0.1, 0.15) is 35.4 Å². The lowest BCUT2D eigenvalue weighted by Gasteiger charge is -2.26. The van der Waals surface area contributed by atoms with E-state index in [2.05, 4.69) is 37.2 Å². The molecule has 4 aromatic heterocycles. The Morgan fingerprint density at radius 3 is 2.83 bits per heavy atom. The number of imidazole rings is 1. The fraction of sp³-hybridized carbons (Fsp3) is 0.476. The summed E-state index contributed by atoms with van der Waals surface area (Å²) in [5.74, 6) is 0.0880. The lowest BCUT2D eigenvalue weighted by molar-refractivity contribution is -0.0576. The van der Waals surface area contributed by atoms with Crippen LogP contribution in [0.4, 0.5) is 16.2 Å². The zero-order valence-corrected chi connectivity index (χ0v) is 23.3. The minimum Gasteiger partial charge on any atom is -0.395 e. The summed E-state index contributed by atoms with van der Waals surface area (Å²) in [6.07, 6.45) is -2.20. The summed E-state index contributed by atoms with van der Waals surface area (Å²) in [6.45, 7) is -4.45. The van der Waals surface area contributed by atoms with Crippen molar-refractivity contribution in [3.05, 3.63) is 35.3 Å². The van der Waals surface area contributed by atoms with Crippen LogP contribution in [-0.4, -0.2) is 86.2 Å². The molecule has 1 saturated carbocycles. The van der Waals surface area contributed by atoms with Crippen LogP contribution in [0.5, 0.6) is 0 Å². The van der Waals surface area contributed by atoms with Gasteiger partial charge in [-0.25, -0.2) is 23.9 Å². The number of H-pyrrole nitrogens is 1. The lowest BCUT2D eigenvalue weighted by Crippen LogP contribution is -2.34. The monoisotopic (exact) mass is 627 g/mol. The summed E-state index contributed by atoms with van der Waals surface area (Å²) in [6, 6.07) is 1.61. The average Bonchev–Trinajstić information content (AvgIpc) is 3.48. The van der Waals surface area contributed by atoms with E-state index in [1.165, 1.54) is 39.7 Å². The van der Waals surface area contributed by atoms with Gasteiger partial charge in [-0.05, 0) is 12.5 Å². The SMILES string of the molecule is Nc1nc2c(ncn2[C@@H]2S[C@H](CO)C[C@H]2OP(=O)(S)OC2[C@H]3O[C@@H](n4ccc5c(N)ncnc54)[C@@H](F)[C@@]23O)c(=O)[nH]1. The number of nitrogens with zero attached hydrogens (tertiary/aromatic N) is 6. The van der Waals surface area contributed by atoms with Gasteiger partial charge in [0.2, 0.25) is 5.95 Å². The van der Waals surface area contributed by atoms with E-state index in [0.29, 0.717) is 11.0 Å². The molecule has 4 aromatic rings. The zero-order valence-electron chi connectivity index (χ0n) is 20.7. The third-order valence-corrected chi connectivity index (χ3v) is 10.6. The number of fused-ring (bicyclic) bond motifs is 3. The van der Waals surface area contributed by atoms with Crippen molar-refractivity contribution < 1.29 is 33.0 Å². The largest absolute Gasteiger partial charge is 0.395 e. The molecular weight excluding hydrogens is 604 g/mol. The highest BCUT2D eigenvalue weighted by molar-refractivity contribution is 8.44. The first-order valence-corrected chi connectivity index (χ1v) is 15.9. The van der Waals surface area contributed by atoms with Gasteiger partial charge >= 0.3 is 6.80 Å². The summed E-state index contributed by atoms with van der Waals surface area (Å²) in [5, 5.41) is 20.4. The number of ether oxygens (including phenoxy) is 1. The van der Waals surface area contributed by atoms with Gasteiger partial charge in [-0.15, -0.1) is 11.8 Å². The number of anilines is 2. The molecule has 7 N–H and O–H groups in total. The predicted molar refractivity (Wildman–Crippen MR) is 147 cm³/mol. The maximum Gasteiger partial charge on any atom is 0.386 e. The molecule has 9 atom stereocenters. The molecule has 218 valence electrons. The quantitative estimate of drug-likeness (QED) is 0.121. The van der Waals surface area contributed by atoms with Crippen LogP contribution in [0.15, 0.2) is 29.7 Å². The minimum atomic E-state index is -4.24. The second kappa shape index (κ2) is 9.37. The van der Waals surface area contributed by atoms with E-state index in [-0.39, 0.29) is 41.2 Å². The van der Waals surface area contributed by atoms with E-state index >= 15 is 4.39 Å². The van der Waals surface area contributed by atoms with Gasteiger partial charge in [-0.1, -0.05) is 12.2 Å². The fourth-order valence-corrected chi connectivity index (χ4v) is 8.78. The highest BCUT2D eigenvalue weighted by atomic mass is 32.7. The Labute approximate surface area is 238 Å². The van der Waals surface area contributed by atoms with E-state index in [1.54, 1.807) is 6.07 Å². The Bertz CT molecular complexity index is 1790. The number of nitrogen functional groups attached to an aromatic ring is 2. The van der Waals surface area contributed by atoms with Crippen molar-refractivity contribution in [2.45, 2.75) is 53.4 Å². The number of halogens is 1. The number of hydrogen-bond acceptors (Lipinski definition) is 14. The number of hydrogen-bond donors (Lipinski definition) is 6. The first kappa shape index (κ1) is 27.1. The minimum absolute atomic E-state index is 0.0367. The Kier molecular flexibility index (Phi) is 6.19. The molecule has 0 aromatic carbocycles. The Balaban J connectivity index is 1.09. The van der Waals surface area contributed by atoms with Crippen LogP contribution in [-0.2, 0) is 18.3 Å². The maximum absolute atomic E-state index is 15.6. The summed E-state index contributed by atoms with van der Waals surface area (Å²) in [7, 11) is 0. The van der Waals surface area contributed by atoms with Crippen LogP contribution in [0.2, 0.25) is 0 Å². The zero-order chi connectivity index (χ0) is 28.8. The number of aliphatic hydroxyl groups excluding tert-OH is 1. The van der Waals surface area contributed by atoms with Crippen LogP contribution >= 0.6 is 30.8 Å². The molecule has 16 nitrogen and oxygen atoms in total. The molecule has 2 aliphatic heterocycles. The molecule has 1 aliphatic carbocycles. The van der Waals surface area contributed by atoms with E-state index in [4.69, 9.17) is 25.3 Å². The molecule has 7 rings (SSSR count). The molecular formula is C21H23FN9O7PS2. The molecule has 0 spiro atoms. The Hall–Kier alpha value is -2.77. The van der Waals surface area contributed by atoms with E-state index in [9.17, 15) is 19.6 Å². The number of alkyl halides is 1. The molecule has 20 heteroatoms. The summed E-state index contributed by atoms with van der Waals surface area (Å²) < 4.78 is 49.0. The van der Waals surface area contributed by atoms with Gasteiger partial charge in [-0.2, -0.15) is 4.98 Å². The molecule has 0 amide bonds. The van der Waals surface area contributed by atoms with Crippen LogP contribution in [0, 0.1) is 0 Å². The highest BCUT2D eigenvalue weighted by Crippen LogP contribution is 2.66. The van der Waals surface area contributed by atoms with Crippen molar-refractivity contribution in [1.29, 1.82) is 0 Å². The molecule has 3 aliphatic rings. The molecule has 0 radical (unpaired) electrons. The predicted octanol–water partition coefficient (Wildman–Crippen LogP) is 0.514. The van der Waals surface area contributed by atoms with Crippen molar-refractivity contribution in [2.24, 2.45) is 0 Å². The first-order valence-electron chi connectivity index (χ1n) is 12.3. The van der Waals surface area contributed by atoms with Crippen LogP contribution in [0.25, 0.3) is 22.2 Å². The highest BCUT2D eigenvalue weighted by Gasteiger charge is 2.80. The molecule has 6 heterocycles. The van der Waals surface area contributed by atoms with Crippen molar-refractivity contribution in [1.82, 2.24) is 34.1 Å². The Morgan fingerprint density at radius 2 is 2.10 bits per heavy atom. The van der Waals surface area contributed by atoms with Gasteiger partial charge in [0.25, 0.3) is 5.56 Å². The third-order valence-electron chi connectivity index (χ3n) is 7.46. The number of rotatable bonds is 7. The lowest BCUT2D eigenvalue weighted by atomic mass is 10.2. The molecule has 0 bridgehead atoms. The summed E-state index contributed by atoms with van der Waals surface area (Å²) >= 11 is 5.38. The van der Waals surface area contributed by atoms with Crippen molar-refractivity contribution in [3.8, 4) is 0 Å². The van der Waals surface area contributed by atoms with Crippen LogP contribution in [0.3, 0.4) is 0 Å². The van der Waals surface area contributed by atoms with Crippen molar-refractivity contribution >= 4 is 64.8 Å². The summed E-state index contributed by atoms with van der Waals surface area (Å²) in [5.41, 5.74) is 9.44. The van der Waals surface area contributed by atoms with Gasteiger partial charge in [0, 0.05) is 11.4 Å². The Morgan fingerprint density at radius 1 is 1.29 bits per heavy atom. The average molecular weight is 628 g/mol. The van der Waals surface area contributed by atoms with Crippen molar-refractivity contribution in [2.75, 3.05) is 18.1 Å². The van der Waals surface area contributed by atoms with E-state index < -0.39 is 54.0 Å². The van der Waals surface area contributed by atoms with Gasteiger partial charge in [0.05, 0.1) is 24.4 Å². The number of aromatic amines is 1. The second-order valence-electron chi connectivity index (χ2n) is 9.94.